The van der Waals surface area contributed by atoms with Crippen LogP contribution in [0.15, 0.2) is 0 Å². The normalized spacial score (nSPS) is 32.3. The van der Waals surface area contributed by atoms with Gasteiger partial charge in [-0.2, -0.15) is 0 Å². The smallest absolute Gasteiger partial charge is 0.0763 e. The van der Waals surface area contributed by atoms with Crippen LogP contribution in [0.25, 0.3) is 0 Å². The van der Waals surface area contributed by atoms with Gasteiger partial charge in [0.05, 0.1) is 18.2 Å². The minimum atomic E-state index is 0.257. The number of methoxy groups -OCH3 is 2. The van der Waals surface area contributed by atoms with Crippen molar-refractivity contribution in [3.8, 4) is 0 Å². The van der Waals surface area contributed by atoms with E-state index in [9.17, 15) is 0 Å². The molecule has 0 N–H and O–H groups in total. The molecule has 0 aromatic carbocycles. The highest BCUT2D eigenvalue weighted by Crippen LogP contribution is 2.23. The van der Waals surface area contributed by atoms with Crippen molar-refractivity contribution in [1.82, 2.24) is 4.90 Å². The van der Waals surface area contributed by atoms with Crippen LogP contribution < -0.4 is 0 Å². The van der Waals surface area contributed by atoms with Gasteiger partial charge in [-0.05, 0) is 19.9 Å². The maximum Gasteiger partial charge on any atom is 0.0763 e. The van der Waals surface area contributed by atoms with Crippen LogP contribution in [0.2, 0.25) is 0 Å². The summed E-state index contributed by atoms with van der Waals surface area (Å²) in [7, 11) is 3.56. The Hall–Kier alpha value is -0.120. The molecule has 13 heavy (non-hydrogen) atoms. The summed E-state index contributed by atoms with van der Waals surface area (Å²) in [6, 6.07) is 0.431. The molecule has 1 rings (SSSR count). The molecule has 0 unspecified atom stereocenters. The lowest BCUT2D eigenvalue weighted by Crippen LogP contribution is -2.44. The molecule has 1 saturated heterocycles. The molecule has 0 saturated carbocycles. The Labute approximate surface area is 81.0 Å². The van der Waals surface area contributed by atoms with Gasteiger partial charge < -0.3 is 9.47 Å². The predicted octanol–water partition coefficient (Wildman–Crippen LogP) is 1.13. The van der Waals surface area contributed by atoms with Gasteiger partial charge in [0, 0.05) is 20.8 Å². The SMILES string of the molecule is CCN1CC[C@H](OC)[C@H]1[C@H](C)OC. The Morgan fingerprint density at radius 3 is 2.62 bits per heavy atom. The van der Waals surface area contributed by atoms with Crippen molar-refractivity contribution < 1.29 is 9.47 Å². The Kier molecular flexibility index (Phi) is 4.16. The predicted molar refractivity (Wildman–Crippen MR) is 52.9 cm³/mol. The summed E-state index contributed by atoms with van der Waals surface area (Å²) in [6.07, 6.45) is 1.73. The Balaban J connectivity index is 2.61. The van der Waals surface area contributed by atoms with Crippen LogP contribution in [0.5, 0.6) is 0 Å². The third-order valence-electron chi connectivity index (χ3n) is 3.07. The average molecular weight is 187 g/mol. The van der Waals surface area contributed by atoms with E-state index < -0.39 is 0 Å². The fourth-order valence-electron chi connectivity index (χ4n) is 2.21. The van der Waals surface area contributed by atoms with Crippen molar-refractivity contribution in [3.63, 3.8) is 0 Å². The molecule has 0 aromatic heterocycles. The number of likely N-dealkylation sites (tertiary alicyclic amines) is 1. The maximum absolute atomic E-state index is 5.46. The zero-order valence-corrected chi connectivity index (χ0v) is 9.12. The van der Waals surface area contributed by atoms with Crippen LogP contribution in [-0.4, -0.2) is 50.5 Å². The average Bonchev–Trinajstić information content (AvgIpc) is 2.59. The van der Waals surface area contributed by atoms with Crippen molar-refractivity contribution >= 4 is 0 Å². The zero-order chi connectivity index (χ0) is 9.84. The van der Waals surface area contributed by atoms with Gasteiger partial charge in [0.2, 0.25) is 0 Å². The molecule has 3 nitrogen and oxygen atoms in total. The van der Waals surface area contributed by atoms with E-state index in [1.165, 1.54) is 0 Å². The number of rotatable bonds is 4. The third kappa shape index (κ3) is 2.22. The summed E-state index contributed by atoms with van der Waals surface area (Å²) in [5.74, 6) is 0. The largest absolute Gasteiger partial charge is 0.380 e. The van der Waals surface area contributed by atoms with E-state index in [-0.39, 0.29) is 6.10 Å². The lowest BCUT2D eigenvalue weighted by atomic mass is 10.1. The van der Waals surface area contributed by atoms with E-state index in [4.69, 9.17) is 9.47 Å². The minimum Gasteiger partial charge on any atom is -0.380 e. The fraction of sp³-hybridized carbons (Fsp3) is 1.00. The van der Waals surface area contributed by atoms with E-state index in [0.717, 1.165) is 19.5 Å². The van der Waals surface area contributed by atoms with Gasteiger partial charge >= 0.3 is 0 Å². The second-order valence-corrected chi connectivity index (χ2v) is 3.62. The molecule has 0 amide bonds. The van der Waals surface area contributed by atoms with Crippen LogP contribution in [0, 0.1) is 0 Å². The van der Waals surface area contributed by atoms with Gasteiger partial charge in [-0.25, -0.2) is 0 Å². The first-order chi connectivity index (χ1) is 6.24. The van der Waals surface area contributed by atoms with E-state index >= 15 is 0 Å². The molecule has 0 bridgehead atoms. The van der Waals surface area contributed by atoms with Gasteiger partial charge in [-0.1, -0.05) is 6.92 Å². The molecule has 3 heteroatoms. The summed E-state index contributed by atoms with van der Waals surface area (Å²) in [5, 5.41) is 0. The highest BCUT2D eigenvalue weighted by Gasteiger charge is 2.37. The summed E-state index contributed by atoms with van der Waals surface area (Å²) >= 11 is 0. The molecule has 1 aliphatic heterocycles. The number of likely N-dealkylation sites (N-methyl/N-ethyl adjacent to an activating group) is 1. The monoisotopic (exact) mass is 187 g/mol. The Bertz CT molecular complexity index is 140. The van der Waals surface area contributed by atoms with E-state index in [2.05, 4.69) is 18.7 Å². The van der Waals surface area contributed by atoms with Gasteiger partial charge in [0.1, 0.15) is 0 Å². The van der Waals surface area contributed by atoms with Crippen LogP contribution in [0.4, 0.5) is 0 Å². The van der Waals surface area contributed by atoms with Gasteiger partial charge in [-0.15, -0.1) is 0 Å². The van der Waals surface area contributed by atoms with Crippen LogP contribution in [0.1, 0.15) is 20.3 Å². The van der Waals surface area contributed by atoms with Crippen molar-refractivity contribution in [3.05, 3.63) is 0 Å². The highest BCUT2D eigenvalue weighted by molar-refractivity contribution is 4.91. The summed E-state index contributed by atoms with van der Waals surface area (Å²) in [4.78, 5) is 2.43. The lowest BCUT2D eigenvalue weighted by Gasteiger charge is -2.30. The summed E-state index contributed by atoms with van der Waals surface area (Å²) < 4.78 is 10.8. The number of nitrogens with zero attached hydrogens (tertiary/aromatic N) is 1. The molecule has 1 heterocycles. The summed E-state index contributed by atoms with van der Waals surface area (Å²) in [5.41, 5.74) is 0. The molecule has 3 atom stereocenters. The van der Waals surface area contributed by atoms with Crippen molar-refractivity contribution in [2.24, 2.45) is 0 Å². The third-order valence-corrected chi connectivity index (χ3v) is 3.07. The Morgan fingerprint density at radius 2 is 2.15 bits per heavy atom. The molecule has 1 fully saturated rings. The van der Waals surface area contributed by atoms with Gasteiger partial charge in [-0.3, -0.25) is 4.90 Å². The second-order valence-electron chi connectivity index (χ2n) is 3.62. The number of ether oxygens (including phenoxy) is 2. The summed E-state index contributed by atoms with van der Waals surface area (Å²) in [6.45, 7) is 6.52. The van der Waals surface area contributed by atoms with Crippen LogP contribution in [0.3, 0.4) is 0 Å². The second kappa shape index (κ2) is 4.94. The molecule has 0 radical (unpaired) electrons. The van der Waals surface area contributed by atoms with Gasteiger partial charge in [0.15, 0.2) is 0 Å². The zero-order valence-electron chi connectivity index (χ0n) is 9.12. The maximum atomic E-state index is 5.46. The van der Waals surface area contributed by atoms with Crippen LogP contribution >= 0.6 is 0 Å². The fourth-order valence-corrected chi connectivity index (χ4v) is 2.21. The topological polar surface area (TPSA) is 21.7 Å². The number of hydrogen-bond acceptors (Lipinski definition) is 3. The van der Waals surface area contributed by atoms with Crippen LogP contribution in [-0.2, 0) is 9.47 Å². The Morgan fingerprint density at radius 1 is 1.46 bits per heavy atom. The molecule has 78 valence electrons. The molecule has 0 aromatic rings. The first-order valence-corrected chi connectivity index (χ1v) is 5.04. The number of hydrogen-bond donors (Lipinski definition) is 0. The quantitative estimate of drug-likeness (QED) is 0.658. The standard InChI is InChI=1S/C10H21NO2/c1-5-11-7-6-9(13-4)10(11)8(2)12-3/h8-10H,5-7H2,1-4H3/t8-,9-,10+/m0/s1. The first kappa shape index (κ1) is 11.0. The van der Waals surface area contributed by atoms with E-state index in [1.54, 1.807) is 14.2 Å². The molecule has 0 spiro atoms. The minimum absolute atomic E-state index is 0.257. The highest BCUT2D eigenvalue weighted by atomic mass is 16.5. The molecule has 1 aliphatic rings. The first-order valence-electron chi connectivity index (χ1n) is 5.04. The van der Waals surface area contributed by atoms with E-state index in [1.807, 2.05) is 0 Å². The van der Waals surface area contributed by atoms with Crippen molar-refractivity contribution in [2.75, 3.05) is 27.3 Å². The lowest BCUT2D eigenvalue weighted by molar-refractivity contribution is -0.0166. The van der Waals surface area contributed by atoms with Gasteiger partial charge in [0.25, 0.3) is 0 Å². The molecular formula is C10H21NO2. The van der Waals surface area contributed by atoms with Crippen molar-refractivity contribution in [2.45, 2.75) is 38.5 Å². The van der Waals surface area contributed by atoms with Crippen molar-refractivity contribution in [1.29, 1.82) is 0 Å². The molecular weight excluding hydrogens is 166 g/mol. The van der Waals surface area contributed by atoms with E-state index in [0.29, 0.717) is 12.1 Å². The molecule has 0 aliphatic carbocycles.